The summed E-state index contributed by atoms with van der Waals surface area (Å²) in [5.74, 6) is -3.35. The van der Waals surface area contributed by atoms with Gasteiger partial charge in [0.2, 0.25) is 0 Å². The fourth-order valence-electron chi connectivity index (χ4n) is 2.20. The molecule has 0 atom stereocenters. The lowest BCUT2D eigenvalue weighted by Gasteiger charge is -2.20. The SMILES string of the molecule is FC(F)(F)c1nnc2ccc(N3CCCNCC3)nn12.O=C(O)C(F)(F)F. The molecule has 27 heavy (non-hydrogen) atoms. The normalized spacial score (nSPS) is 15.9. The molecule has 2 N–H and O–H groups in total. The molecule has 0 aromatic carbocycles. The number of hydrogen-bond donors (Lipinski definition) is 2. The van der Waals surface area contributed by atoms with Crippen LogP contribution >= 0.6 is 0 Å². The maximum atomic E-state index is 12.8. The van der Waals surface area contributed by atoms with E-state index < -0.39 is 24.1 Å². The summed E-state index contributed by atoms with van der Waals surface area (Å²) in [5, 5.41) is 21.1. The van der Waals surface area contributed by atoms with Gasteiger partial charge in [-0.1, -0.05) is 0 Å². The van der Waals surface area contributed by atoms with Crippen LogP contribution in [0.2, 0.25) is 0 Å². The summed E-state index contributed by atoms with van der Waals surface area (Å²) in [7, 11) is 0. The van der Waals surface area contributed by atoms with Gasteiger partial charge in [-0.25, -0.2) is 4.79 Å². The Kier molecular flexibility index (Phi) is 6.08. The number of rotatable bonds is 1. The smallest absolute Gasteiger partial charge is 0.475 e. The molecule has 1 saturated heterocycles. The van der Waals surface area contributed by atoms with E-state index in [-0.39, 0.29) is 5.65 Å². The molecule has 1 fully saturated rings. The van der Waals surface area contributed by atoms with Crippen LogP contribution in [-0.2, 0) is 11.0 Å². The van der Waals surface area contributed by atoms with Crippen molar-refractivity contribution in [2.24, 2.45) is 0 Å². The second kappa shape index (κ2) is 7.94. The van der Waals surface area contributed by atoms with Crippen molar-refractivity contribution in [2.75, 3.05) is 31.1 Å². The number of nitrogens with zero attached hydrogens (tertiary/aromatic N) is 5. The third-order valence-corrected chi connectivity index (χ3v) is 3.41. The monoisotopic (exact) mass is 400 g/mol. The third kappa shape index (κ3) is 5.42. The van der Waals surface area contributed by atoms with Crippen LogP contribution in [0.5, 0.6) is 0 Å². The molecule has 0 bridgehead atoms. The molecule has 1 aliphatic rings. The molecule has 14 heteroatoms. The minimum absolute atomic E-state index is 0.0917. The molecule has 0 radical (unpaired) electrons. The number of carbonyl (C=O) groups is 1. The Balaban J connectivity index is 0.000000321. The van der Waals surface area contributed by atoms with E-state index in [1.165, 1.54) is 6.07 Å². The van der Waals surface area contributed by atoms with Crippen LogP contribution in [0.25, 0.3) is 5.65 Å². The number of hydrogen-bond acceptors (Lipinski definition) is 6. The van der Waals surface area contributed by atoms with E-state index in [1.807, 2.05) is 4.90 Å². The largest absolute Gasteiger partial charge is 0.490 e. The summed E-state index contributed by atoms with van der Waals surface area (Å²) in [6.45, 7) is 3.16. The molecule has 0 unspecified atom stereocenters. The van der Waals surface area contributed by atoms with Crippen LogP contribution < -0.4 is 10.2 Å². The maximum absolute atomic E-state index is 12.8. The first-order valence-electron chi connectivity index (χ1n) is 7.55. The fraction of sp³-hybridized carbons (Fsp3) is 0.538. The molecule has 8 nitrogen and oxygen atoms in total. The van der Waals surface area contributed by atoms with Crippen molar-refractivity contribution in [3.63, 3.8) is 0 Å². The third-order valence-electron chi connectivity index (χ3n) is 3.41. The Bertz CT molecular complexity index is 782. The maximum Gasteiger partial charge on any atom is 0.490 e. The molecule has 1 aliphatic heterocycles. The van der Waals surface area contributed by atoms with Gasteiger partial charge >= 0.3 is 18.3 Å². The van der Waals surface area contributed by atoms with Crippen LogP contribution in [-0.4, -0.2) is 63.2 Å². The van der Waals surface area contributed by atoms with Gasteiger partial charge in [0.05, 0.1) is 0 Å². The highest BCUT2D eigenvalue weighted by Gasteiger charge is 2.38. The van der Waals surface area contributed by atoms with Crippen molar-refractivity contribution in [3.8, 4) is 0 Å². The second-order valence-electron chi connectivity index (χ2n) is 5.38. The van der Waals surface area contributed by atoms with Crippen molar-refractivity contribution in [1.29, 1.82) is 0 Å². The molecular formula is C13H14F6N6O2. The zero-order chi connectivity index (χ0) is 20.2. The fourth-order valence-corrected chi connectivity index (χ4v) is 2.20. The summed E-state index contributed by atoms with van der Waals surface area (Å²) < 4.78 is 70.9. The number of carboxylic acids is 1. The summed E-state index contributed by atoms with van der Waals surface area (Å²) in [4.78, 5) is 10.9. The molecule has 2 aromatic rings. The molecule has 150 valence electrons. The Hall–Kier alpha value is -2.64. The van der Waals surface area contributed by atoms with Gasteiger partial charge in [-0.05, 0) is 25.1 Å². The number of fused-ring (bicyclic) bond motifs is 1. The second-order valence-corrected chi connectivity index (χ2v) is 5.38. The number of aromatic nitrogens is 4. The van der Waals surface area contributed by atoms with E-state index >= 15 is 0 Å². The molecule has 0 aliphatic carbocycles. The quantitative estimate of drug-likeness (QED) is 0.702. The van der Waals surface area contributed by atoms with Gasteiger partial charge in [-0.3, -0.25) is 0 Å². The number of carboxylic acid groups (broad SMARTS) is 1. The van der Waals surface area contributed by atoms with E-state index in [0.29, 0.717) is 12.4 Å². The van der Waals surface area contributed by atoms with Crippen LogP contribution in [0.1, 0.15) is 12.2 Å². The first kappa shape index (κ1) is 20.7. The van der Waals surface area contributed by atoms with Gasteiger partial charge in [-0.2, -0.15) is 30.9 Å². The first-order valence-corrected chi connectivity index (χ1v) is 7.55. The molecule has 2 aromatic heterocycles. The van der Waals surface area contributed by atoms with Crippen LogP contribution in [0.3, 0.4) is 0 Å². The van der Waals surface area contributed by atoms with Gasteiger partial charge in [0.15, 0.2) is 5.65 Å². The van der Waals surface area contributed by atoms with Gasteiger partial charge in [0.1, 0.15) is 5.82 Å². The highest BCUT2D eigenvalue weighted by Crippen LogP contribution is 2.27. The summed E-state index contributed by atoms with van der Waals surface area (Å²) in [5.41, 5.74) is 0.0917. The predicted molar refractivity (Wildman–Crippen MR) is 79.2 cm³/mol. The van der Waals surface area contributed by atoms with Gasteiger partial charge < -0.3 is 15.3 Å². The standard InChI is InChI=1S/C11H13F3N6.C2HF3O2/c12-11(13,14)10-17-16-8-2-3-9(18-20(8)10)19-6-1-4-15-5-7-19;3-2(4,5)1(6)7/h2-3,15H,1,4-7H2;(H,6,7). The minimum Gasteiger partial charge on any atom is -0.475 e. The Morgan fingerprint density at radius 1 is 1.07 bits per heavy atom. The zero-order valence-electron chi connectivity index (χ0n) is 13.5. The topological polar surface area (TPSA) is 95.7 Å². The minimum atomic E-state index is -5.08. The lowest BCUT2D eigenvalue weighted by Crippen LogP contribution is -2.29. The predicted octanol–water partition coefficient (Wildman–Crippen LogP) is 1.58. The lowest BCUT2D eigenvalue weighted by molar-refractivity contribution is -0.192. The van der Waals surface area contributed by atoms with Crippen LogP contribution in [0, 0.1) is 0 Å². The van der Waals surface area contributed by atoms with Crippen molar-refractivity contribution >= 4 is 17.4 Å². The van der Waals surface area contributed by atoms with E-state index in [9.17, 15) is 26.3 Å². The number of nitrogens with one attached hydrogen (secondary N) is 1. The molecule has 3 heterocycles. The van der Waals surface area contributed by atoms with Crippen LogP contribution in [0.15, 0.2) is 12.1 Å². The van der Waals surface area contributed by atoms with Crippen molar-refractivity contribution in [1.82, 2.24) is 25.1 Å². The van der Waals surface area contributed by atoms with Crippen LogP contribution in [0.4, 0.5) is 32.2 Å². The van der Waals surface area contributed by atoms with Gasteiger partial charge in [0.25, 0.3) is 5.82 Å². The Morgan fingerprint density at radius 2 is 1.74 bits per heavy atom. The molecule has 0 amide bonds. The molecular weight excluding hydrogens is 386 g/mol. The van der Waals surface area contributed by atoms with E-state index in [2.05, 4.69) is 20.6 Å². The Labute approximate surface area is 147 Å². The van der Waals surface area contributed by atoms with Crippen molar-refractivity contribution in [2.45, 2.75) is 18.8 Å². The summed E-state index contributed by atoms with van der Waals surface area (Å²) in [6, 6.07) is 3.18. The van der Waals surface area contributed by atoms with E-state index in [1.54, 1.807) is 6.07 Å². The number of anilines is 1. The Morgan fingerprint density at radius 3 is 2.33 bits per heavy atom. The molecule has 0 spiro atoms. The average Bonchev–Trinajstić information content (AvgIpc) is 2.80. The highest BCUT2D eigenvalue weighted by molar-refractivity contribution is 5.73. The van der Waals surface area contributed by atoms with E-state index in [0.717, 1.165) is 30.6 Å². The average molecular weight is 400 g/mol. The summed E-state index contributed by atoms with van der Waals surface area (Å²) >= 11 is 0. The number of aliphatic carboxylic acids is 1. The van der Waals surface area contributed by atoms with Gasteiger partial charge in [-0.15, -0.1) is 15.3 Å². The number of alkyl halides is 6. The highest BCUT2D eigenvalue weighted by atomic mass is 19.4. The summed E-state index contributed by atoms with van der Waals surface area (Å²) in [6.07, 6.45) is -8.72. The first-order chi connectivity index (χ1) is 12.5. The van der Waals surface area contributed by atoms with E-state index in [4.69, 9.17) is 9.90 Å². The zero-order valence-corrected chi connectivity index (χ0v) is 13.5. The number of halogens is 6. The molecule has 3 rings (SSSR count). The lowest BCUT2D eigenvalue weighted by atomic mass is 10.4. The van der Waals surface area contributed by atoms with Crippen molar-refractivity contribution < 1.29 is 36.2 Å². The van der Waals surface area contributed by atoms with Crippen molar-refractivity contribution in [3.05, 3.63) is 18.0 Å². The molecule has 0 saturated carbocycles. The van der Waals surface area contributed by atoms with Gasteiger partial charge in [0, 0.05) is 19.6 Å².